The van der Waals surface area contributed by atoms with E-state index in [9.17, 15) is 14.4 Å². The van der Waals surface area contributed by atoms with E-state index < -0.39 is 0 Å². The fraction of sp³-hybridized carbons (Fsp3) is 0.833. The maximum absolute atomic E-state index is 12.0. The zero-order chi connectivity index (χ0) is 23.9. The molecule has 0 aromatic rings. The van der Waals surface area contributed by atoms with Crippen LogP contribution in [0.15, 0.2) is 11.1 Å². The third-order valence-corrected chi connectivity index (χ3v) is 7.61. The molecule has 3 nitrogen and oxygen atoms in total. The van der Waals surface area contributed by atoms with Crippen molar-refractivity contribution in [2.75, 3.05) is 0 Å². The minimum atomic E-state index is 0.248. The molecule has 0 heterocycles. The van der Waals surface area contributed by atoms with Crippen LogP contribution in [0.5, 0.6) is 0 Å². The SMILES string of the molecule is CC1CC(=O)C2=C(CCCCCCCC2)C1.CC1CC(=O)CCCCCCCCCC(=O)C1. The van der Waals surface area contributed by atoms with Crippen LogP contribution in [0.1, 0.15) is 149 Å². The summed E-state index contributed by atoms with van der Waals surface area (Å²) in [7, 11) is 0. The highest BCUT2D eigenvalue weighted by Gasteiger charge is 2.24. The van der Waals surface area contributed by atoms with Crippen LogP contribution < -0.4 is 0 Å². The number of Topliss-reactive ketones (excluding diaryl/α,β-unsaturated/α-hetero) is 3. The van der Waals surface area contributed by atoms with Gasteiger partial charge in [0.15, 0.2) is 5.78 Å². The van der Waals surface area contributed by atoms with Crippen LogP contribution in [-0.2, 0) is 14.4 Å². The summed E-state index contributed by atoms with van der Waals surface area (Å²) in [6.45, 7) is 4.25. The molecule has 0 aromatic heterocycles. The van der Waals surface area contributed by atoms with Crippen molar-refractivity contribution in [3.63, 3.8) is 0 Å². The van der Waals surface area contributed by atoms with E-state index in [4.69, 9.17) is 0 Å². The monoisotopic (exact) mass is 458 g/mol. The molecule has 0 spiro atoms. The Balaban J connectivity index is 0.000000234. The molecule has 0 radical (unpaired) electrons. The molecule has 1 fully saturated rings. The Hall–Kier alpha value is -1.25. The number of hydrogen-bond acceptors (Lipinski definition) is 3. The van der Waals surface area contributed by atoms with Gasteiger partial charge < -0.3 is 0 Å². The minimum Gasteiger partial charge on any atom is -0.300 e. The van der Waals surface area contributed by atoms with Gasteiger partial charge in [-0.15, -0.1) is 0 Å². The number of rotatable bonds is 0. The van der Waals surface area contributed by atoms with Gasteiger partial charge in [0.2, 0.25) is 0 Å². The van der Waals surface area contributed by atoms with Crippen LogP contribution in [0.25, 0.3) is 0 Å². The summed E-state index contributed by atoms with van der Waals surface area (Å²) in [6, 6.07) is 0. The highest BCUT2D eigenvalue weighted by atomic mass is 16.1. The molecule has 188 valence electrons. The molecule has 0 bridgehead atoms. The summed E-state index contributed by atoms with van der Waals surface area (Å²) in [6.07, 6.45) is 23.1. The molecule has 0 N–H and O–H groups in total. The highest BCUT2D eigenvalue weighted by molar-refractivity contribution is 5.97. The zero-order valence-electron chi connectivity index (χ0n) is 21.7. The quantitative estimate of drug-likeness (QED) is 0.365. The van der Waals surface area contributed by atoms with Crippen LogP contribution >= 0.6 is 0 Å². The molecule has 33 heavy (non-hydrogen) atoms. The van der Waals surface area contributed by atoms with Crippen molar-refractivity contribution in [1.82, 2.24) is 0 Å². The number of ketones is 3. The number of allylic oxidation sites excluding steroid dienone is 2. The lowest BCUT2D eigenvalue weighted by atomic mass is 9.79. The van der Waals surface area contributed by atoms with Crippen molar-refractivity contribution in [3.8, 4) is 0 Å². The van der Waals surface area contributed by atoms with Gasteiger partial charge in [-0.3, -0.25) is 14.4 Å². The standard InChI is InChI=1S/C15H26O2.C15H24O/c1-13-11-14(16)9-7-5-3-2-4-6-8-10-15(17)12-13;1-12-10-13-8-6-4-2-3-5-7-9-14(13)15(16)11-12/h13H,2-12H2,1H3;12H,2-11H2,1H3. The van der Waals surface area contributed by atoms with E-state index in [0.29, 0.717) is 36.1 Å². The van der Waals surface area contributed by atoms with Gasteiger partial charge in [0.1, 0.15) is 11.6 Å². The van der Waals surface area contributed by atoms with E-state index in [2.05, 4.69) is 6.92 Å². The second-order valence-electron chi connectivity index (χ2n) is 11.2. The lowest BCUT2D eigenvalue weighted by Crippen LogP contribution is -2.18. The first-order valence-electron chi connectivity index (χ1n) is 14.2. The van der Waals surface area contributed by atoms with Crippen molar-refractivity contribution in [2.45, 2.75) is 149 Å². The molecule has 3 aliphatic carbocycles. The molecule has 3 heteroatoms. The van der Waals surface area contributed by atoms with Crippen molar-refractivity contribution >= 4 is 17.3 Å². The van der Waals surface area contributed by atoms with E-state index >= 15 is 0 Å². The molecule has 0 saturated heterocycles. The molecule has 1 unspecified atom stereocenters. The fourth-order valence-electron chi connectivity index (χ4n) is 5.75. The molecule has 0 aromatic carbocycles. The molecule has 3 rings (SSSR count). The summed E-state index contributed by atoms with van der Waals surface area (Å²) in [5.41, 5.74) is 2.76. The van der Waals surface area contributed by atoms with E-state index in [1.165, 1.54) is 94.6 Å². The van der Waals surface area contributed by atoms with E-state index in [1.807, 2.05) is 6.92 Å². The zero-order valence-corrected chi connectivity index (χ0v) is 21.7. The Kier molecular flexibility index (Phi) is 13.9. The van der Waals surface area contributed by atoms with E-state index in [0.717, 1.165) is 38.5 Å². The molecule has 1 saturated carbocycles. The van der Waals surface area contributed by atoms with Crippen molar-refractivity contribution < 1.29 is 14.4 Å². The summed E-state index contributed by atoms with van der Waals surface area (Å²) in [4.78, 5) is 35.4. The average molecular weight is 459 g/mol. The van der Waals surface area contributed by atoms with Crippen molar-refractivity contribution in [1.29, 1.82) is 0 Å². The first kappa shape index (κ1) is 28.0. The topological polar surface area (TPSA) is 51.2 Å². The smallest absolute Gasteiger partial charge is 0.159 e. The first-order valence-corrected chi connectivity index (χ1v) is 14.2. The van der Waals surface area contributed by atoms with Crippen LogP contribution in [0.3, 0.4) is 0 Å². The number of hydrogen-bond donors (Lipinski definition) is 0. The maximum Gasteiger partial charge on any atom is 0.159 e. The van der Waals surface area contributed by atoms with Crippen LogP contribution in [0.4, 0.5) is 0 Å². The lowest BCUT2D eigenvalue weighted by molar-refractivity contribution is -0.122. The summed E-state index contributed by atoms with van der Waals surface area (Å²) < 4.78 is 0. The molecule has 0 amide bonds. The largest absolute Gasteiger partial charge is 0.300 e. The predicted octanol–water partition coefficient (Wildman–Crippen LogP) is 8.48. The molecule has 1 atom stereocenters. The first-order chi connectivity index (χ1) is 16.0. The third kappa shape index (κ3) is 12.1. The Labute approximate surface area is 203 Å². The molecular formula is C30H50O3. The van der Waals surface area contributed by atoms with Gasteiger partial charge in [-0.2, -0.15) is 0 Å². The van der Waals surface area contributed by atoms with Gasteiger partial charge in [-0.05, 0) is 62.4 Å². The minimum absolute atomic E-state index is 0.248. The lowest BCUT2D eigenvalue weighted by Gasteiger charge is -2.25. The van der Waals surface area contributed by atoms with E-state index in [-0.39, 0.29) is 5.92 Å². The van der Waals surface area contributed by atoms with Gasteiger partial charge >= 0.3 is 0 Å². The molecular weight excluding hydrogens is 408 g/mol. The van der Waals surface area contributed by atoms with Crippen molar-refractivity contribution in [2.24, 2.45) is 11.8 Å². The maximum atomic E-state index is 12.0. The second kappa shape index (κ2) is 16.4. The Morgan fingerprint density at radius 3 is 1.36 bits per heavy atom. The normalized spacial score (nSPS) is 26.0. The summed E-state index contributed by atoms with van der Waals surface area (Å²) in [5.74, 6) is 2.01. The van der Waals surface area contributed by atoms with Crippen LogP contribution in [0.2, 0.25) is 0 Å². The predicted molar refractivity (Wildman–Crippen MR) is 137 cm³/mol. The molecule has 0 aliphatic heterocycles. The highest BCUT2D eigenvalue weighted by Crippen LogP contribution is 2.33. The Bertz CT molecular complexity index is 621. The average Bonchev–Trinajstić information content (AvgIpc) is 2.76. The van der Waals surface area contributed by atoms with Gasteiger partial charge in [-0.25, -0.2) is 0 Å². The van der Waals surface area contributed by atoms with Gasteiger partial charge in [0.25, 0.3) is 0 Å². The summed E-state index contributed by atoms with van der Waals surface area (Å²) in [5, 5.41) is 0. The van der Waals surface area contributed by atoms with Crippen LogP contribution in [-0.4, -0.2) is 17.3 Å². The second-order valence-corrected chi connectivity index (χ2v) is 11.2. The third-order valence-electron chi connectivity index (χ3n) is 7.61. The van der Waals surface area contributed by atoms with E-state index in [1.54, 1.807) is 0 Å². The number of carbonyl (C=O) groups excluding carboxylic acids is 3. The van der Waals surface area contributed by atoms with Gasteiger partial charge in [0, 0.05) is 32.1 Å². The Morgan fingerprint density at radius 2 is 0.848 bits per heavy atom. The van der Waals surface area contributed by atoms with Crippen molar-refractivity contribution in [3.05, 3.63) is 11.1 Å². The van der Waals surface area contributed by atoms with Gasteiger partial charge in [-0.1, -0.05) is 77.2 Å². The number of carbonyl (C=O) groups is 3. The van der Waals surface area contributed by atoms with Crippen LogP contribution in [0, 0.1) is 11.8 Å². The fourth-order valence-corrected chi connectivity index (χ4v) is 5.75. The summed E-state index contributed by atoms with van der Waals surface area (Å²) >= 11 is 0. The van der Waals surface area contributed by atoms with Gasteiger partial charge in [0.05, 0.1) is 0 Å². The Morgan fingerprint density at radius 1 is 0.455 bits per heavy atom. The molecule has 3 aliphatic rings.